The fourth-order valence-corrected chi connectivity index (χ4v) is 9.16. The molecule has 1 aliphatic heterocycles. The lowest BCUT2D eigenvalue weighted by Gasteiger charge is -2.69. The van der Waals surface area contributed by atoms with E-state index in [0.717, 1.165) is 13.8 Å². The maximum Gasteiger partial charge on any atom is 0.338 e. The van der Waals surface area contributed by atoms with Gasteiger partial charge in [0, 0.05) is 52.9 Å². The van der Waals surface area contributed by atoms with Crippen LogP contribution < -0.4 is 0 Å². The van der Waals surface area contributed by atoms with E-state index < -0.39 is 100 Å². The molecule has 2 bridgehead atoms. The quantitative estimate of drug-likeness (QED) is 0.247. The topological polar surface area (TPSA) is 187 Å². The lowest BCUT2D eigenvalue weighted by atomic mass is 9.44. The largest absolute Gasteiger partial charge is 0.462 e. The highest BCUT2D eigenvalue weighted by molar-refractivity contribution is 5.89. The molecule has 0 radical (unpaired) electrons. The monoisotopic (exact) mass is 714 g/mol. The predicted molar refractivity (Wildman–Crippen MR) is 174 cm³/mol. The van der Waals surface area contributed by atoms with Crippen molar-refractivity contribution >= 4 is 35.8 Å². The van der Waals surface area contributed by atoms with Gasteiger partial charge in [0.15, 0.2) is 17.8 Å². The van der Waals surface area contributed by atoms with Crippen LogP contribution in [0.25, 0.3) is 0 Å². The molecule has 1 aromatic rings. The summed E-state index contributed by atoms with van der Waals surface area (Å²) in [5, 5.41) is 13.5. The van der Waals surface area contributed by atoms with Crippen molar-refractivity contribution in [2.45, 2.75) is 123 Å². The standard InChI is InChI=1S/C37H46O14/c1-18-25(46-19(2)38)16-37(44)32(50-33(43)24-13-11-10-12-14-24)30-35(9,26(47-20(3)39)15-27-36(30,17-45-27)51-23(6)42)31(49-22(5)41)29(48-21(4)40)28(18)34(37,7)8/h10-14,25-27,29-32,44H,15-17H2,1-9H3/t25-,26+,27+,29-,30-,31-,32-,35-,36?,37-/m1/s1. The summed E-state index contributed by atoms with van der Waals surface area (Å²) in [6, 6.07) is 8.02. The van der Waals surface area contributed by atoms with E-state index in [1.165, 1.54) is 32.9 Å². The van der Waals surface area contributed by atoms with E-state index in [1.54, 1.807) is 45.9 Å². The molecular formula is C37H46O14. The van der Waals surface area contributed by atoms with Crippen molar-refractivity contribution in [1.29, 1.82) is 0 Å². The molecule has 1 saturated heterocycles. The summed E-state index contributed by atoms with van der Waals surface area (Å²) >= 11 is 0. The Hall–Kier alpha value is -4.30. The van der Waals surface area contributed by atoms with Gasteiger partial charge in [-0.25, -0.2) is 4.79 Å². The van der Waals surface area contributed by atoms with E-state index in [9.17, 15) is 33.9 Å². The minimum absolute atomic E-state index is 0.0698. The second-order valence-corrected chi connectivity index (χ2v) is 14.7. The minimum atomic E-state index is -2.19. The van der Waals surface area contributed by atoms with Crippen molar-refractivity contribution in [3.63, 3.8) is 0 Å². The van der Waals surface area contributed by atoms with Crippen LogP contribution in [0.5, 0.6) is 0 Å². The fourth-order valence-electron chi connectivity index (χ4n) is 9.16. The van der Waals surface area contributed by atoms with Crippen molar-refractivity contribution < 1.29 is 67.0 Å². The number of aliphatic hydroxyl groups is 1. The van der Waals surface area contributed by atoms with Gasteiger partial charge in [-0.1, -0.05) is 39.0 Å². The molecule has 3 fully saturated rings. The van der Waals surface area contributed by atoms with E-state index in [4.69, 9.17) is 33.2 Å². The number of hydrogen-bond acceptors (Lipinski definition) is 14. The number of carbonyl (C=O) groups is 6. The average molecular weight is 715 g/mol. The van der Waals surface area contributed by atoms with Gasteiger partial charge in [-0.15, -0.1) is 0 Å². The third kappa shape index (κ3) is 6.19. The van der Waals surface area contributed by atoms with Gasteiger partial charge in [0.1, 0.15) is 30.0 Å². The van der Waals surface area contributed by atoms with Gasteiger partial charge in [0.2, 0.25) is 0 Å². The Labute approximate surface area is 296 Å². The molecular weight excluding hydrogens is 668 g/mol. The van der Waals surface area contributed by atoms with Gasteiger partial charge in [-0.3, -0.25) is 24.0 Å². The molecule has 278 valence electrons. The molecule has 1 N–H and O–H groups in total. The molecule has 2 saturated carbocycles. The molecule has 1 unspecified atom stereocenters. The third-order valence-corrected chi connectivity index (χ3v) is 11.3. The van der Waals surface area contributed by atoms with Crippen LogP contribution in [0.15, 0.2) is 41.5 Å². The van der Waals surface area contributed by atoms with E-state index >= 15 is 0 Å². The minimum Gasteiger partial charge on any atom is -0.462 e. The third-order valence-electron chi connectivity index (χ3n) is 11.3. The van der Waals surface area contributed by atoms with Crippen LogP contribution in [-0.4, -0.2) is 95.4 Å². The van der Waals surface area contributed by atoms with E-state index in [0.29, 0.717) is 5.57 Å². The van der Waals surface area contributed by atoms with Gasteiger partial charge in [0.05, 0.1) is 23.5 Å². The molecule has 1 aromatic carbocycles. The Balaban J connectivity index is 1.95. The van der Waals surface area contributed by atoms with Crippen molar-refractivity contribution in [3.05, 3.63) is 47.0 Å². The molecule has 4 aliphatic rings. The molecule has 14 heteroatoms. The van der Waals surface area contributed by atoms with Crippen LogP contribution in [0.4, 0.5) is 0 Å². The SMILES string of the molecule is CC(=O)O[C@@H]1C2=C(C)[C@H](OC(C)=O)C[C@@](O)([C@H](OC(=O)c3ccccc3)[C@H]3C4(OC(C)=O)CO[C@H]4C[C@H](OC(C)=O)[C@@]3(C)[C@@H]1OC(C)=O)C2(C)C. The van der Waals surface area contributed by atoms with Crippen LogP contribution in [0.3, 0.4) is 0 Å². The molecule has 3 aliphatic carbocycles. The summed E-state index contributed by atoms with van der Waals surface area (Å²) in [6.45, 7) is 12.2. The summed E-state index contributed by atoms with van der Waals surface area (Å²) in [4.78, 5) is 78.6. The number of rotatable bonds is 7. The highest BCUT2D eigenvalue weighted by Crippen LogP contribution is 2.66. The zero-order valence-corrected chi connectivity index (χ0v) is 30.3. The second-order valence-electron chi connectivity index (χ2n) is 14.7. The van der Waals surface area contributed by atoms with E-state index in [1.807, 2.05) is 0 Å². The first-order valence-corrected chi connectivity index (χ1v) is 16.9. The van der Waals surface area contributed by atoms with Gasteiger partial charge < -0.3 is 38.3 Å². The zero-order valence-electron chi connectivity index (χ0n) is 30.3. The first-order chi connectivity index (χ1) is 23.7. The molecule has 14 nitrogen and oxygen atoms in total. The normalized spacial score (nSPS) is 36.3. The summed E-state index contributed by atoms with van der Waals surface area (Å²) in [5.74, 6) is -5.93. The molecule has 0 amide bonds. The fraction of sp³-hybridized carbons (Fsp3) is 0.622. The van der Waals surface area contributed by atoms with E-state index in [-0.39, 0.29) is 30.6 Å². The number of hydrogen-bond donors (Lipinski definition) is 1. The highest BCUT2D eigenvalue weighted by atomic mass is 16.6. The Morgan fingerprint density at radius 1 is 0.765 bits per heavy atom. The number of fused-ring (bicyclic) bond motifs is 5. The Bertz CT molecular complexity index is 1650. The first-order valence-electron chi connectivity index (χ1n) is 16.9. The first kappa shape index (κ1) is 37.9. The molecule has 51 heavy (non-hydrogen) atoms. The van der Waals surface area contributed by atoms with Crippen molar-refractivity contribution in [3.8, 4) is 0 Å². The Morgan fingerprint density at radius 2 is 1.35 bits per heavy atom. The summed E-state index contributed by atoms with van der Waals surface area (Å²) in [7, 11) is 0. The number of ether oxygens (including phenoxy) is 7. The number of carbonyl (C=O) groups excluding carboxylic acids is 6. The highest BCUT2D eigenvalue weighted by Gasteiger charge is 2.79. The Morgan fingerprint density at radius 3 is 1.86 bits per heavy atom. The molecule has 0 spiro atoms. The lowest BCUT2D eigenvalue weighted by Crippen LogP contribution is -2.82. The van der Waals surface area contributed by atoms with Crippen molar-refractivity contribution in [1.82, 2.24) is 0 Å². The summed E-state index contributed by atoms with van der Waals surface area (Å²) in [6.07, 6.45) is -8.34. The maximum absolute atomic E-state index is 14.2. The Kier molecular flexibility index (Phi) is 9.93. The average Bonchev–Trinajstić information content (AvgIpc) is 3.00. The van der Waals surface area contributed by atoms with Gasteiger partial charge >= 0.3 is 35.8 Å². The van der Waals surface area contributed by atoms with Crippen LogP contribution in [0, 0.1) is 16.7 Å². The molecule has 5 rings (SSSR count). The van der Waals surface area contributed by atoms with Crippen LogP contribution in [-0.2, 0) is 57.1 Å². The van der Waals surface area contributed by atoms with Gasteiger partial charge in [0.25, 0.3) is 0 Å². The number of benzene rings is 1. The summed E-state index contributed by atoms with van der Waals surface area (Å²) < 4.78 is 42.5. The van der Waals surface area contributed by atoms with Crippen molar-refractivity contribution in [2.24, 2.45) is 16.7 Å². The van der Waals surface area contributed by atoms with E-state index in [2.05, 4.69) is 0 Å². The van der Waals surface area contributed by atoms with Gasteiger partial charge in [-0.05, 0) is 30.2 Å². The predicted octanol–water partition coefficient (Wildman–Crippen LogP) is 3.16. The molecule has 1 heterocycles. The summed E-state index contributed by atoms with van der Waals surface area (Å²) in [5.41, 5.74) is -6.32. The van der Waals surface area contributed by atoms with Crippen LogP contribution >= 0.6 is 0 Å². The smallest absolute Gasteiger partial charge is 0.338 e. The van der Waals surface area contributed by atoms with Gasteiger partial charge in [-0.2, -0.15) is 0 Å². The zero-order chi connectivity index (χ0) is 37.8. The molecule has 10 atom stereocenters. The maximum atomic E-state index is 14.2. The van der Waals surface area contributed by atoms with Crippen molar-refractivity contribution in [2.75, 3.05) is 6.61 Å². The molecule has 0 aromatic heterocycles. The number of esters is 6. The lowest BCUT2D eigenvalue weighted by molar-refractivity contribution is -0.365. The van der Waals surface area contributed by atoms with Crippen LogP contribution in [0.2, 0.25) is 0 Å². The van der Waals surface area contributed by atoms with Crippen LogP contribution in [0.1, 0.15) is 85.5 Å². The second kappa shape index (κ2) is 13.4.